The van der Waals surface area contributed by atoms with Crippen molar-refractivity contribution in [3.8, 4) is 24.1 Å². The minimum atomic E-state index is -0.327. The number of hydrogen-bond acceptors (Lipinski definition) is 5. The quantitative estimate of drug-likeness (QED) is 0.307. The van der Waals surface area contributed by atoms with Crippen molar-refractivity contribution in [1.82, 2.24) is 19.9 Å². The number of aromatic nitrogens is 3. The Morgan fingerprint density at radius 3 is 2.33 bits per heavy atom. The van der Waals surface area contributed by atoms with E-state index in [1.807, 2.05) is 38.2 Å². The third-order valence-corrected chi connectivity index (χ3v) is 4.87. The van der Waals surface area contributed by atoms with Crippen LogP contribution < -0.4 is 16.4 Å². The number of fused-ring (bicyclic) bond motifs is 1. The Balaban J connectivity index is 0.000000460. The summed E-state index contributed by atoms with van der Waals surface area (Å²) in [6, 6.07) is 7.12. The van der Waals surface area contributed by atoms with Crippen molar-refractivity contribution < 1.29 is 4.39 Å². The zero-order chi connectivity index (χ0) is 24.8. The van der Waals surface area contributed by atoms with Crippen molar-refractivity contribution in [3.63, 3.8) is 0 Å². The van der Waals surface area contributed by atoms with Gasteiger partial charge in [0.1, 0.15) is 5.82 Å². The lowest BCUT2D eigenvalue weighted by Crippen LogP contribution is -2.21. The van der Waals surface area contributed by atoms with Crippen LogP contribution in [-0.2, 0) is 0 Å². The summed E-state index contributed by atoms with van der Waals surface area (Å²) in [6.07, 6.45) is 14.1. The van der Waals surface area contributed by atoms with Crippen LogP contribution in [0.2, 0.25) is 0 Å². The van der Waals surface area contributed by atoms with Gasteiger partial charge in [-0.05, 0) is 83.6 Å². The molecule has 4 rings (SSSR count). The number of benzene rings is 1. The largest absolute Gasteiger partial charge is 0.342 e. The number of aliphatic imine (C=N–C) groups is 1. The van der Waals surface area contributed by atoms with Gasteiger partial charge in [0.05, 0.1) is 29.1 Å². The molecule has 4 N–H and O–H groups in total. The zero-order valence-electron chi connectivity index (χ0n) is 20.3. The first-order valence-electron chi connectivity index (χ1n) is 10.9. The second kappa shape index (κ2) is 14.7. The van der Waals surface area contributed by atoms with Crippen LogP contribution in [-0.4, -0.2) is 47.6 Å². The summed E-state index contributed by atoms with van der Waals surface area (Å²) in [5.41, 5.74) is 8.83. The van der Waals surface area contributed by atoms with Crippen molar-refractivity contribution in [2.75, 3.05) is 32.5 Å². The molecule has 3 aromatic rings. The SMILES string of the molecule is C#C.C1CCNCC1.CN.CN=C(C)Nc1c(C)cc(-c2ccc3nc(C)cn3n2)cc1F. The number of nitrogens with two attached hydrogens (primary N) is 1. The second-order valence-corrected chi connectivity index (χ2v) is 7.30. The molecule has 1 fully saturated rings. The van der Waals surface area contributed by atoms with Gasteiger partial charge in [-0.1, -0.05) is 6.42 Å². The first kappa shape index (κ1) is 27.8. The van der Waals surface area contributed by atoms with E-state index in [-0.39, 0.29) is 5.82 Å². The summed E-state index contributed by atoms with van der Waals surface area (Å²) in [5, 5.41) is 10.8. The van der Waals surface area contributed by atoms with Gasteiger partial charge in [0.2, 0.25) is 0 Å². The molecular weight excluding hydrogens is 417 g/mol. The molecule has 0 atom stereocenters. The van der Waals surface area contributed by atoms with E-state index in [1.165, 1.54) is 45.5 Å². The van der Waals surface area contributed by atoms with Crippen LogP contribution in [0.1, 0.15) is 37.4 Å². The number of nitrogens with one attached hydrogen (secondary N) is 2. The number of anilines is 1. The molecule has 0 aliphatic carbocycles. The number of rotatable bonds is 2. The summed E-state index contributed by atoms with van der Waals surface area (Å²) in [4.78, 5) is 8.34. The highest BCUT2D eigenvalue weighted by molar-refractivity contribution is 5.94. The Kier molecular flexibility index (Phi) is 12.4. The van der Waals surface area contributed by atoms with Gasteiger partial charge >= 0.3 is 0 Å². The average molecular weight is 454 g/mol. The Hall–Kier alpha value is -3.28. The van der Waals surface area contributed by atoms with Gasteiger partial charge < -0.3 is 16.4 Å². The fourth-order valence-corrected chi connectivity index (χ4v) is 3.24. The van der Waals surface area contributed by atoms with E-state index in [1.54, 1.807) is 18.5 Å². The van der Waals surface area contributed by atoms with E-state index in [2.05, 4.69) is 44.3 Å². The highest BCUT2D eigenvalue weighted by Crippen LogP contribution is 2.27. The van der Waals surface area contributed by atoms with E-state index in [9.17, 15) is 4.39 Å². The first-order chi connectivity index (χ1) is 16.0. The van der Waals surface area contributed by atoms with Crippen LogP contribution in [0.5, 0.6) is 0 Å². The molecule has 8 heteroatoms. The molecule has 178 valence electrons. The molecule has 0 spiro atoms. The van der Waals surface area contributed by atoms with E-state index < -0.39 is 0 Å². The van der Waals surface area contributed by atoms with E-state index in [0.29, 0.717) is 17.2 Å². The van der Waals surface area contributed by atoms with E-state index in [0.717, 1.165) is 22.5 Å². The van der Waals surface area contributed by atoms with Crippen molar-refractivity contribution >= 4 is 17.2 Å². The van der Waals surface area contributed by atoms with Crippen LogP contribution in [0, 0.1) is 32.5 Å². The summed E-state index contributed by atoms with van der Waals surface area (Å²) >= 11 is 0. The molecule has 0 radical (unpaired) electrons. The van der Waals surface area contributed by atoms with Crippen LogP contribution in [0.4, 0.5) is 10.1 Å². The third kappa shape index (κ3) is 8.29. The molecular formula is C25H36FN7. The predicted molar refractivity (Wildman–Crippen MR) is 137 cm³/mol. The third-order valence-electron chi connectivity index (χ3n) is 4.87. The van der Waals surface area contributed by atoms with Gasteiger partial charge in [-0.25, -0.2) is 13.9 Å². The molecule has 0 saturated carbocycles. The summed E-state index contributed by atoms with van der Waals surface area (Å²) in [7, 11) is 3.16. The molecule has 0 unspecified atom stereocenters. The molecule has 33 heavy (non-hydrogen) atoms. The molecule has 3 heterocycles. The molecule has 0 bridgehead atoms. The molecule has 1 aliphatic rings. The zero-order valence-corrected chi connectivity index (χ0v) is 20.3. The number of hydrogen-bond donors (Lipinski definition) is 3. The number of piperidine rings is 1. The van der Waals surface area contributed by atoms with Crippen molar-refractivity contribution in [2.45, 2.75) is 40.0 Å². The topological polar surface area (TPSA) is 92.6 Å². The summed E-state index contributed by atoms with van der Waals surface area (Å²) in [6.45, 7) is 8.07. The number of terminal acetylenes is 1. The highest BCUT2D eigenvalue weighted by Gasteiger charge is 2.11. The lowest BCUT2D eigenvalue weighted by Gasteiger charge is -2.12. The normalized spacial score (nSPS) is 12.9. The van der Waals surface area contributed by atoms with Gasteiger partial charge in [-0.3, -0.25) is 4.99 Å². The van der Waals surface area contributed by atoms with E-state index in [4.69, 9.17) is 0 Å². The number of amidine groups is 1. The minimum absolute atomic E-state index is 0.327. The Morgan fingerprint density at radius 2 is 1.82 bits per heavy atom. The van der Waals surface area contributed by atoms with Gasteiger partial charge in [0.15, 0.2) is 5.65 Å². The van der Waals surface area contributed by atoms with Crippen LogP contribution in [0.3, 0.4) is 0 Å². The highest BCUT2D eigenvalue weighted by atomic mass is 19.1. The monoisotopic (exact) mass is 453 g/mol. The molecule has 0 amide bonds. The molecule has 2 aromatic heterocycles. The maximum Gasteiger partial charge on any atom is 0.153 e. The summed E-state index contributed by atoms with van der Waals surface area (Å²) in [5.74, 6) is 0.333. The smallest absolute Gasteiger partial charge is 0.153 e. The van der Waals surface area contributed by atoms with E-state index >= 15 is 0 Å². The van der Waals surface area contributed by atoms with Crippen LogP contribution in [0.15, 0.2) is 35.5 Å². The standard InChI is InChI=1S/C17H18FN5.C5H11N.C2H2.CH5N/c1-10-7-13(8-14(18)17(10)21-12(3)19-4)15-5-6-16-20-11(2)9-23(16)22-15;1-2-4-6-5-3-1;2*1-2/h5-9H,1-4H3,(H,19,21);6H,1-5H2;1-2H;2H2,1H3. The van der Waals surface area contributed by atoms with Crippen LogP contribution in [0.25, 0.3) is 16.9 Å². The number of halogens is 1. The lowest BCUT2D eigenvalue weighted by atomic mass is 10.1. The average Bonchev–Trinajstić information content (AvgIpc) is 3.24. The summed E-state index contributed by atoms with van der Waals surface area (Å²) < 4.78 is 16.2. The maximum absolute atomic E-state index is 14.4. The van der Waals surface area contributed by atoms with Crippen molar-refractivity contribution in [3.05, 3.63) is 47.5 Å². The fraction of sp³-hybridized carbons (Fsp3) is 0.400. The molecule has 1 aliphatic heterocycles. The number of imidazole rings is 1. The molecule has 1 saturated heterocycles. The first-order valence-corrected chi connectivity index (χ1v) is 10.9. The Labute approximate surface area is 196 Å². The maximum atomic E-state index is 14.4. The van der Waals surface area contributed by atoms with Gasteiger partial charge in [0.25, 0.3) is 0 Å². The lowest BCUT2D eigenvalue weighted by molar-refractivity contribution is 0.520. The van der Waals surface area contributed by atoms with Gasteiger partial charge in [0, 0.05) is 12.6 Å². The minimum Gasteiger partial charge on any atom is -0.342 e. The molecule has 7 nitrogen and oxygen atoms in total. The Bertz CT molecular complexity index is 1010. The predicted octanol–water partition coefficient (Wildman–Crippen LogP) is 4.20. The van der Waals surface area contributed by atoms with Gasteiger partial charge in [-0.2, -0.15) is 5.10 Å². The van der Waals surface area contributed by atoms with Crippen molar-refractivity contribution in [2.24, 2.45) is 10.7 Å². The van der Waals surface area contributed by atoms with Crippen LogP contribution >= 0.6 is 0 Å². The second-order valence-electron chi connectivity index (χ2n) is 7.30. The fourth-order valence-electron chi connectivity index (χ4n) is 3.24. The molecule has 1 aromatic carbocycles. The van der Waals surface area contributed by atoms with Gasteiger partial charge in [-0.15, -0.1) is 12.8 Å². The Morgan fingerprint density at radius 1 is 1.15 bits per heavy atom. The number of aryl methyl sites for hydroxylation is 2. The number of nitrogens with zero attached hydrogens (tertiary/aromatic N) is 4. The van der Waals surface area contributed by atoms with Crippen molar-refractivity contribution in [1.29, 1.82) is 0 Å².